The van der Waals surface area contributed by atoms with E-state index in [-0.39, 0.29) is 4.31 Å². The highest BCUT2D eigenvalue weighted by molar-refractivity contribution is 7.93. The summed E-state index contributed by atoms with van der Waals surface area (Å²) in [6, 6.07) is 1.55. The summed E-state index contributed by atoms with van der Waals surface area (Å²) in [6.07, 6.45) is -4.62. The topological polar surface area (TPSA) is 131 Å². The molecule has 2 aromatic rings. The molecule has 8 nitrogen and oxygen atoms in total. The highest BCUT2D eigenvalue weighted by Crippen LogP contribution is 2.39. The molecule has 0 radical (unpaired) electrons. The number of aromatic nitrogens is 1. The van der Waals surface area contributed by atoms with Gasteiger partial charge >= 0.3 is 6.18 Å². The summed E-state index contributed by atoms with van der Waals surface area (Å²) in [4.78, 5) is 25.9. The van der Waals surface area contributed by atoms with Crippen LogP contribution in [0, 0.1) is 0 Å². The van der Waals surface area contributed by atoms with Crippen molar-refractivity contribution in [3.05, 3.63) is 40.0 Å². The second-order valence-electron chi connectivity index (χ2n) is 6.14. The van der Waals surface area contributed by atoms with Crippen LogP contribution in [0.25, 0.3) is 0 Å². The second kappa shape index (κ2) is 7.55. The monoisotopic (exact) mass is 471 g/mol. The van der Waals surface area contributed by atoms with E-state index in [0.717, 1.165) is 19.9 Å². The molecule has 0 saturated carbocycles. The Hall–Kier alpha value is -2.22. The normalized spacial score (nSPS) is 12.7. The van der Waals surface area contributed by atoms with E-state index < -0.39 is 59.8 Å². The number of nitrogens with two attached hydrogens (primary N) is 1. The number of pyridine rings is 1. The first-order valence-electron chi connectivity index (χ1n) is 7.50. The average Bonchev–Trinajstić information content (AvgIpc) is 3.02. The first kappa shape index (κ1) is 23.1. The number of carbonyl (C=O) groups is 2. The fourth-order valence-corrected chi connectivity index (χ4v) is 5.23. The lowest BCUT2D eigenvalue weighted by Crippen LogP contribution is -2.49. The summed E-state index contributed by atoms with van der Waals surface area (Å²) in [7, 11) is -5.34. The van der Waals surface area contributed by atoms with Crippen LogP contribution in [0.3, 0.4) is 0 Å². The quantitative estimate of drug-likeness (QED) is 0.688. The zero-order chi connectivity index (χ0) is 22.4. The van der Waals surface area contributed by atoms with E-state index in [1.54, 1.807) is 0 Å². The van der Waals surface area contributed by atoms with Crippen LogP contribution in [-0.2, 0) is 21.0 Å². The molecule has 0 saturated heterocycles. The van der Waals surface area contributed by atoms with Gasteiger partial charge in [0.05, 0.1) is 10.6 Å². The largest absolute Gasteiger partial charge is 0.434 e. The van der Waals surface area contributed by atoms with Gasteiger partial charge in [-0.2, -0.15) is 17.5 Å². The van der Waals surface area contributed by atoms with E-state index in [2.05, 4.69) is 4.98 Å². The predicted octanol–water partition coefficient (Wildman–Crippen LogP) is 2.41. The minimum Gasteiger partial charge on any atom is -0.381 e. The van der Waals surface area contributed by atoms with Gasteiger partial charge in [0.15, 0.2) is 5.69 Å². The van der Waals surface area contributed by atoms with E-state index in [9.17, 15) is 36.3 Å². The summed E-state index contributed by atoms with van der Waals surface area (Å²) < 4.78 is 66.3. The maximum Gasteiger partial charge on any atom is 0.434 e. The lowest BCUT2D eigenvalue weighted by Gasteiger charge is -2.28. The van der Waals surface area contributed by atoms with Crippen LogP contribution in [0.2, 0.25) is 5.02 Å². The Morgan fingerprint density at radius 2 is 1.90 bits per heavy atom. The molecular weight excluding hydrogens is 459 g/mol. The van der Waals surface area contributed by atoms with E-state index in [1.807, 2.05) is 0 Å². The lowest BCUT2D eigenvalue weighted by molar-refractivity contribution is -0.143. The molecular formula is C15H13ClF3N3O5S2. The van der Waals surface area contributed by atoms with Gasteiger partial charge in [-0.25, -0.2) is 13.4 Å². The number of hydrogen-bond donors (Lipinski definition) is 2. The number of aliphatic hydroxyl groups is 1. The molecule has 0 aliphatic rings. The Bertz CT molecular complexity index is 1080. The molecule has 0 spiro atoms. The first-order chi connectivity index (χ1) is 13.1. The highest BCUT2D eigenvalue weighted by Gasteiger charge is 2.46. The number of rotatable bonds is 5. The van der Waals surface area contributed by atoms with Crippen molar-refractivity contribution < 1.29 is 36.3 Å². The predicted molar refractivity (Wildman–Crippen MR) is 98.1 cm³/mol. The summed E-state index contributed by atoms with van der Waals surface area (Å²) in [5.41, 5.74) is 0.562. The Morgan fingerprint density at radius 1 is 1.31 bits per heavy atom. The number of thiophene rings is 1. The van der Waals surface area contributed by atoms with Crippen LogP contribution in [0.5, 0.6) is 0 Å². The molecule has 2 heterocycles. The van der Waals surface area contributed by atoms with Crippen molar-refractivity contribution in [1.82, 2.24) is 4.98 Å². The number of anilines is 1. The molecule has 3 N–H and O–H groups in total. The fraction of sp³-hybridized carbons (Fsp3) is 0.267. The molecule has 0 aliphatic carbocycles. The SMILES string of the molecule is CC(C)(O)C(=O)N(c1sccc1C(N)=O)S(=O)(=O)c1cc(Cl)cnc1C(F)(F)F. The van der Waals surface area contributed by atoms with Gasteiger partial charge in [-0.05, 0) is 31.4 Å². The number of primary amides is 1. The number of sulfonamides is 1. The molecule has 0 fully saturated rings. The Labute approximate surface area is 171 Å². The number of alkyl halides is 3. The molecule has 0 atom stereocenters. The van der Waals surface area contributed by atoms with Crippen molar-refractivity contribution in [2.45, 2.75) is 30.5 Å². The number of nitrogens with zero attached hydrogens (tertiary/aromatic N) is 2. The molecule has 0 bridgehead atoms. The minimum atomic E-state index is -5.34. The van der Waals surface area contributed by atoms with Crippen LogP contribution >= 0.6 is 22.9 Å². The van der Waals surface area contributed by atoms with Gasteiger partial charge < -0.3 is 10.8 Å². The van der Waals surface area contributed by atoms with Crippen molar-refractivity contribution >= 4 is 49.8 Å². The Kier molecular flexibility index (Phi) is 6.01. The van der Waals surface area contributed by atoms with Crippen molar-refractivity contribution in [3.63, 3.8) is 0 Å². The van der Waals surface area contributed by atoms with Gasteiger partial charge in [-0.3, -0.25) is 9.59 Å². The van der Waals surface area contributed by atoms with Crippen molar-refractivity contribution in [2.24, 2.45) is 5.73 Å². The Balaban J connectivity index is 2.88. The number of hydrogen-bond acceptors (Lipinski definition) is 7. The van der Waals surface area contributed by atoms with E-state index in [1.165, 1.54) is 5.38 Å². The minimum absolute atomic E-state index is 0.0969. The van der Waals surface area contributed by atoms with Gasteiger partial charge in [-0.1, -0.05) is 11.6 Å². The molecule has 2 aromatic heterocycles. The number of amides is 2. The zero-order valence-corrected chi connectivity index (χ0v) is 17.1. The lowest BCUT2D eigenvalue weighted by atomic mass is 10.1. The third-order valence-electron chi connectivity index (χ3n) is 3.41. The Morgan fingerprint density at radius 3 is 2.38 bits per heavy atom. The molecule has 0 aliphatic heterocycles. The van der Waals surface area contributed by atoms with Crippen molar-refractivity contribution in [2.75, 3.05) is 4.31 Å². The van der Waals surface area contributed by atoms with Crippen molar-refractivity contribution in [3.8, 4) is 0 Å². The summed E-state index contributed by atoms with van der Waals surface area (Å²) in [6.45, 7) is 1.85. The maximum absolute atomic E-state index is 13.4. The molecule has 29 heavy (non-hydrogen) atoms. The average molecular weight is 472 g/mol. The summed E-state index contributed by atoms with van der Waals surface area (Å²) >= 11 is 6.18. The number of halogens is 4. The van der Waals surface area contributed by atoms with Gasteiger partial charge in [0, 0.05) is 6.20 Å². The van der Waals surface area contributed by atoms with Crippen molar-refractivity contribution in [1.29, 1.82) is 0 Å². The molecule has 2 rings (SSSR count). The maximum atomic E-state index is 13.4. The van der Waals surface area contributed by atoms with Gasteiger partial charge in [-0.15, -0.1) is 11.3 Å². The summed E-state index contributed by atoms with van der Waals surface area (Å²) in [5, 5.41) is 10.2. The van der Waals surface area contributed by atoms with Crippen LogP contribution < -0.4 is 10.0 Å². The van der Waals surface area contributed by atoms with Crippen LogP contribution in [0.4, 0.5) is 18.2 Å². The molecule has 2 amide bonds. The third-order valence-corrected chi connectivity index (χ3v) is 6.32. The summed E-state index contributed by atoms with van der Waals surface area (Å²) in [5.74, 6) is -2.65. The smallest absolute Gasteiger partial charge is 0.381 e. The van der Waals surface area contributed by atoms with Crippen LogP contribution in [0.1, 0.15) is 29.9 Å². The van der Waals surface area contributed by atoms with E-state index in [4.69, 9.17) is 17.3 Å². The van der Waals surface area contributed by atoms with E-state index in [0.29, 0.717) is 23.6 Å². The molecule has 0 aromatic carbocycles. The van der Waals surface area contributed by atoms with Gasteiger partial charge in [0.1, 0.15) is 15.5 Å². The second-order valence-corrected chi connectivity index (χ2v) is 9.22. The molecule has 158 valence electrons. The number of carbonyl (C=O) groups excluding carboxylic acids is 2. The van der Waals surface area contributed by atoms with Crippen LogP contribution in [0.15, 0.2) is 28.6 Å². The zero-order valence-electron chi connectivity index (χ0n) is 14.7. The standard InChI is InChI=1S/C15H13ClF3N3O5S2/c1-14(2,25)13(24)22(12-8(11(20)23)3-4-28-12)29(26,27)9-5-7(16)6-21-10(9)15(17,18)19/h3-6,25H,1-2H3,(H2,20,23). The van der Waals surface area contributed by atoms with Crippen LogP contribution in [-0.4, -0.2) is 35.9 Å². The van der Waals surface area contributed by atoms with Gasteiger partial charge in [0.2, 0.25) is 0 Å². The third kappa shape index (κ3) is 4.52. The fourth-order valence-electron chi connectivity index (χ4n) is 2.13. The molecule has 0 unspecified atom stereocenters. The highest BCUT2D eigenvalue weighted by atomic mass is 35.5. The van der Waals surface area contributed by atoms with Gasteiger partial charge in [0.25, 0.3) is 21.8 Å². The first-order valence-corrected chi connectivity index (χ1v) is 10.2. The van der Waals surface area contributed by atoms with E-state index >= 15 is 0 Å². The molecule has 14 heteroatoms.